The Bertz CT molecular complexity index is 288. The highest BCUT2D eigenvalue weighted by atomic mass is 16.2. The average Bonchev–Trinajstić information content (AvgIpc) is 2.72. The number of carbonyl (C=O) groups is 2. The fraction of sp³-hybridized carbons (Fsp3) is 0.636. The van der Waals surface area contributed by atoms with E-state index in [9.17, 15) is 9.59 Å². The van der Waals surface area contributed by atoms with Crippen LogP contribution in [0.15, 0.2) is 12.2 Å². The van der Waals surface area contributed by atoms with Crippen LogP contribution in [-0.4, -0.2) is 22.8 Å². The van der Waals surface area contributed by atoms with Crippen LogP contribution in [0.4, 0.5) is 0 Å². The Kier molecular flexibility index (Phi) is 2.17. The van der Waals surface area contributed by atoms with Crippen LogP contribution in [0.5, 0.6) is 0 Å². The van der Waals surface area contributed by atoms with Crippen LogP contribution >= 0.6 is 0 Å². The predicted octanol–water partition coefficient (Wildman–Crippen LogP) is 1.35. The summed E-state index contributed by atoms with van der Waals surface area (Å²) in [6, 6.07) is 0.187. The van der Waals surface area contributed by atoms with Crippen molar-refractivity contribution in [3.8, 4) is 0 Å². The Morgan fingerprint density at radius 3 is 2.43 bits per heavy atom. The van der Waals surface area contributed by atoms with Crippen molar-refractivity contribution in [3.05, 3.63) is 12.2 Å². The third kappa shape index (κ3) is 1.59. The van der Waals surface area contributed by atoms with Crippen LogP contribution in [-0.2, 0) is 9.59 Å². The van der Waals surface area contributed by atoms with E-state index in [-0.39, 0.29) is 17.9 Å². The van der Waals surface area contributed by atoms with Crippen molar-refractivity contribution in [2.24, 2.45) is 11.8 Å². The lowest BCUT2D eigenvalue weighted by Crippen LogP contribution is -2.33. The Morgan fingerprint density at radius 1 is 1.36 bits per heavy atom. The van der Waals surface area contributed by atoms with Crippen molar-refractivity contribution in [2.75, 3.05) is 0 Å². The van der Waals surface area contributed by atoms with E-state index in [1.807, 2.05) is 0 Å². The number of nitrogens with zero attached hydrogens (tertiary/aromatic N) is 1. The van der Waals surface area contributed by atoms with Gasteiger partial charge in [0.15, 0.2) is 0 Å². The van der Waals surface area contributed by atoms with Gasteiger partial charge in [-0.15, -0.1) is 0 Å². The van der Waals surface area contributed by atoms with Gasteiger partial charge in [-0.25, -0.2) is 0 Å². The van der Waals surface area contributed by atoms with E-state index in [2.05, 4.69) is 13.8 Å². The summed E-state index contributed by atoms with van der Waals surface area (Å²) in [4.78, 5) is 24.0. The molecule has 2 aliphatic rings. The molecule has 0 aromatic rings. The minimum Gasteiger partial charge on any atom is -0.272 e. The molecule has 3 heteroatoms. The smallest absolute Gasteiger partial charge is 0.253 e. The quantitative estimate of drug-likeness (QED) is 0.634. The van der Waals surface area contributed by atoms with E-state index in [4.69, 9.17) is 0 Å². The van der Waals surface area contributed by atoms with Gasteiger partial charge in [0.2, 0.25) is 0 Å². The number of hydrogen-bond donors (Lipinski definition) is 0. The van der Waals surface area contributed by atoms with Gasteiger partial charge in [-0.1, -0.05) is 13.8 Å². The first-order chi connectivity index (χ1) is 6.59. The van der Waals surface area contributed by atoms with Gasteiger partial charge in [0.1, 0.15) is 0 Å². The molecule has 1 aliphatic carbocycles. The molecule has 1 saturated carbocycles. The molecule has 0 spiro atoms. The lowest BCUT2D eigenvalue weighted by atomic mass is 10.1. The highest BCUT2D eigenvalue weighted by Crippen LogP contribution is 2.41. The third-order valence-electron chi connectivity index (χ3n) is 2.83. The molecular weight excluding hydrogens is 178 g/mol. The van der Waals surface area contributed by atoms with Gasteiger partial charge in [0.25, 0.3) is 11.8 Å². The molecule has 2 unspecified atom stereocenters. The van der Waals surface area contributed by atoms with Gasteiger partial charge in [0, 0.05) is 18.2 Å². The van der Waals surface area contributed by atoms with E-state index >= 15 is 0 Å². The van der Waals surface area contributed by atoms with Crippen LogP contribution in [0.1, 0.15) is 26.7 Å². The minimum absolute atomic E-state index is 0.133. The molecule has 2 atom stereocenters. The maximum Gasteiger partial charge on any atom is 0.253 e. The Hall–Kier alpha value is -1.12. The lowest BCUT2D eigenvalue weighted by molar-refractivity contribution is -0.137. The molecule has 0 N–H and O–H groups in total. The summed E-state index contributed by atoms with van der Waals surface area (Å²) in [6.07, 6.45) is 4.85. The van der Waals surface area contributed by atoms with E-state index in [1.165, 1.54) is 17.1 Å². The second kappa shape index (κ2) is 3.23. The summed E-state index contributed by atoms with van der Waals surface area (Å²) in [6.45, 7) is 4.34. The molecule has 14 heavy (non-hydrogen) atoms. The third-order valence-corrected chi connectivity index (χ3v) is 2.83. The lowest BCUT2D eigenvalue weighted by Gasteiger charge is -2.13. The zero-order valence-electron chi connectivity index (χ0n) is 8.56. The number of carbonyl (C=O) groups excluding carboxylic acids is 2. The molecule has 0 bridgehead atoms. The molecule has 1 fully saturated rings. The van der Waals surface area contributed by atoms with Crippen molar-refractivity contribution in [1.29, 1.82) is 0 Å². The Labute approximate surface area is 83.8 Å². The van der Waals surface area contributed by atoms with E-state index in [0.29, 0.717) is 11.8 Å². The molecule has 2 amide bonds. The topological polar surface area (TPSA) is 37.4 Å². The summed E-state index contributed by atoms with van der Waals surface area (Å²) < 4.78 is 0. The SMILES string of the molecule is CC(C)CC1CC1N1C(=O)C=CC1=O. The van der Waals surface area contributed by atoms with Crippen molar-refractivity contribution < 1.29 is 9.59 Å². The van der Waals surface area contributed by atoms with Crippen molar-refractivity contribution in [3.63, 3.8) is 0 Å². The summed E-state index contributed by atoms with van der Waals surface area (Å²) in [7, 11) is 0. The fourth-order valence-corrected chi connectivity index (χ4v) is 2.15. The van der Waals surface area contributed by atoms with Crippen LogP contribution in [0.2, 0.25) is 0 Å². The van der Waals surface area contributed by atoms with Gasteiger partial charge in [-0.05, 0) is 24.7 Å². The van der Waals surface area contributed by atoms with Crippen molar-refractivity contribution >= 4 is 11.8 Å². The predicted molar refractivity (Wildman–Crippen MR) is 52.3 cm³/mol. The van der Waals surface area contributed by atoms with Gasteiger partial charge in [-0.2, -0.15) is 0 Å². The largest absolute Gasteiger partial charge is 0.272 e. The molecule has 0 aromatic carbocycles. The summed E-state index contributed by atoms with van der Waals surface area (Å²) in [5.74, 6) is 0.922. The maximum atomic E-state index is 11.3. The molecule has 3 nitrogen and oxygen atoms in total. The minimum atomic E-state index is -0.133. The highest BCUT2D eigenvalue weighted by molar-refractivity contribution is 6.13. The number of imide groups is 1. The number of rotatable bonds is 3. The average molecular weight is 193 g/mol. The Morgan fingerprint density at radius 2 is 1.93 bits per heavy atom. The second-order valence-electron chi connectivity index (χ2n) is 4.57. The molecule has 2 rings (SSSR count). The van der Waals surface area contributed by atoms with Crippen LogP contribution in [0.25, 0.3) is 0 Å². The summed E-state index contributed by atoms with van der Waals surface area (Å²) >= 11 is 0. The van der Waals surface area contributed by atoms with Gasteiger partial charge < -0.3 is 0 Å². The van der Waals surface area contributed by atoms with E-state index < -0.39 is 0 Å². The highest BCUT2D eigenvalue weighted by Gasteiger charge is 2.46. The van der Waals surface area contributed by atoms with Gasteiger partial charge >= 0.3 is 0 Å². The fourth-order valence-electron chi connectivity index (χ4n) is 2.15. The summed E-state index contributed by atoms with van der Waals surface area (Å²) in [5.41, 5.74) is 0. The van der Waals surface area contributed by atoms with Crippen LogP contribution in [0.3, 0.4) is 0 Å². The normalized spacial score (nSPS) is 30.6. The molecule has 0 radical (unpaired) electrons. The molecule has 76 valence electrons. The first kappa shape index (κ1) is 9.44. The molecule has 1 aliphatic heterocycles. The maximum absolute atomic E-state index is 11.3. The monoisotopic (exact) mass is 193 g/mol. The van der Waals surface area contributed by atoms with Gasteiger partial charge in [-0.3, -0.25) is 14.5 Å². The molecule has 1 heterocycles. The van der Waals surface area contributed by atoms with E-state index in [0.717, 1.165) is 12.8 Å². The molecule has 0 saturated heterocycles. The second-order valence-corrected chi connectivity index (χ2v) is 4.57. The Balaban J connectivity index is 1.93. The standard InChI is InChI=1S/C11H15NO2/c1-7(2)5-8-6-9(8)12-10(13)3-4-11(12)14/h3-4,7-9H,5-6H2,1-2H3. The number of amides is 2. The zero-order valence-corrected chi connectivity index (χ0v) is 8.56. The van der Waals surface area contributed by atoms with Crippen molar-refractivity contribution in [2.45, 2.75) is 32.7 Å². The first-order valence-corrected chi connectivity index (χ1v) is 5.15. The van der Waals surface area contributed by atoms with Crippen LogP contribution in [0, 0.1) is 11.8 Å². The van der Waals surface area contributed by atoms with Gasteiger partial charge in [0.05, 0.1) is 0 Å². The summed E-state index contributed by atoms with van der Waals surface area (Å²) in [5, 5.41) is 0. The molecule has 0 aromatic heterocycles. The van der Waals surface area contributed by atoms with E-state index in [1.54, 1.807) is 0 Å². The first-order valence-electron chi connectivity index (χ1n) is 5.15. The number of hydrogen-bond acceptors (Lipinski definition) is 2. The van der Waals surface area contributed by atoms with Crippen LogP contribution < -0.4 is 0 Å². The van der Waals surface area contributed by atoms with Crippen molar-refractivity contribution in [1.82, 2.24) is 4.90 Å². The molecular formula is C11H15NO2. The zero-order chi connectivity index (χ0) is 10.3.